The van der Waals surface area contributed by atoms with E-state index in [0.717, 1.165) is 64.1 Å². The van der Waals surface area contributed by atoms with Gasteiger partial charge < -0.3 is 29.5 Å². The van der Waals surface area contributed by atoms with E-state index in [2.05, 4.69) is 57.3 Å². The first-order valence-electron chi connectivity index (χ1n) is 21.7. The highest BCUT2D eigenvalue weighted by molar-refractivity contribution is 5.86. The first kappa shape index (κ1) is 46.9. The van der Waals surface area contributed by atoms with Crippen LogP contribution in [-0.4, -0.2) is 60.6 Å². The fourth-order valence-electron chi connectivity index (χ4n) is 8.01. The average Bonchev–Trinajstić information content (AvgIpc) is 3.22. The molecule has 0 bridgehead atoms. The highest BCUT2D eigenvalue weighted by Gasteiger charge is 2.24. The van der Waals surface area contributed by atoms with Gasteiger partial charge in [0, 0.05) is 30.3 Å². The maximum Gasteiger partial charge on any atom is 0.333 e. The minimum atomic E-state index is -1.04. The quantitative estimate of drug-likeness (QED) is 0.0258. The van der Waals surface area contributed by atoms with E-state index in [4.69, 9.17) is 14.2 Å². The van der Waals surface area contributed by atoms with Crippen LogP contribution in [0.4, 0.5) is 4.39 Å². The van der Waals surface area contributed by atoms with Crippen molar-refractivity contribution in [3.8, 4) is 28.0 Å². The molecular formula is C50H69FO7. The zero-order valence-corrected chi connectivity index (χ0v) is 35.6. The second-order valence-electron chi connectivity index (χ2n) is 16.4. The predicted molar refractivity (Wildman–Crippen MR) is 232 cm³/mol. The zero-order valence-electron chi connectivity index (χ0n) is 35.6. The van der Waals surface area contributed by atoms with Gasteiger partial charge >= 0.3 is 5.97 Å². The summed E-state index contributed by atoms with van der Waals surface area (Å²) in [6.45, 7) is 15.7. The first-order chi connectivity index (χ1) is 28.0. The zero-order chi connectivity index (χ0) is 42.0. The predicted octanol–water partition coefficient (Wildman–Crippen LogP) is 10.8. The molecule has 1 fully saturated rings. The standard InChI is InChI=1S/C50H69FO7/c1-7-9-10-13-36-16-18-39(19-17-36)40-20-23-46(47(51)31-40)41-21-22-45(38(8-2)28-41)44-29-42(14-11-25-57-49(54)34(3)4)48(56-27-24-37(32-52)33-53)43(30-44)15-12-26-58-50(55)35(5)6/h20-23,28-31,36-37,39,49,52-54H,3,5,7-19,24-27,32-33H2,1-2,4,6H3. The van der Waals surface area contributed by atoms with Gasteiger partial charge in [-0.25, -0.2) is 9.18 Å². The minimum Gasteiger partial charge on any atom is -0.493 e. The molecule has 3 aromatic carbocycles. The molecule has 3 aromatic rings. The molecule has 1 aliphatic carbocycles. The van der Waals surface area contributed by atoms with Gasteiger partial charge in [0.05, 0.1) is 19.8 Å². The number of hydrogen-bond acceptors (Lipinski definition) is 7. The molecule has 1 saturated carbocycles. The Morgan fingerprint density at radius 2 is 1.47 bits per heavy atom. The van der Waals surface area contributed by atoms with Crippen LogP contribution < -0.4 is 4.74 Å². The summed E-state index contributed by atoms with van der Waals surface area (Å²) in [7, 11) is 0. The van der Waals surface area contributed by atoms with E-state index in [1.807, 2.05) is 12.1 Å². The summed E-state index contributed by atoms with van der Waals surface area (Å²) in [6, 6.07) is 16.3. The summed E-state index contributed by atoms with van der Waals surface area (Å²) in [4.78, 5) is 12.1. The summed E-state index contributed by atoms with van der Waals surface area (Å²) in [6.07, 6.45) is 12.4. The number of aliphatic hydroxyl groups is 3. The molecule has 1 atom stereocenters. The fraction of sp³-hybridized carbons (Fsp3) is 0.540. The molecule has 0 aromatic heterocycles. The lowest BCUT2D eigenvalue weighted by Gasteiger charge is -2.29. The molecule has 0 heterocycles. The smallest absolute Gasteiger partial charge is 0.333 e. The Labute approximate surface area is 347 Å². The number of aryl methyl sites for hydroxylation is 3. The third kappa shape index (κ3) is 13.9. The molecule has 1 aliphatic rings. The molecule has 3 N–H and O–H groups in total. The van der Waals surface area contributed by atoms with E-state index in [1.54, 1.807) is 19.9 Å². The van der Waals surface area contributed by atoms with Crippen LogP contribution in [0.5, 0.6) is 5.75 Å². The number of benzene rings is 3. The first-order valence-corrected chi connectivity index (χ1v) is 21.7. The van der Waals surface area contributed by atoms with Gasteiger partial charge in [-0.1, -0.05) is 83.0 Å². The number of rotatable bonds is 25. The number of ether oxygens (including phenoxy) is 3. The van der Waals surface area contributed by atoms with Crippen molar-refractivity contribution in [2.45, 2.75) is 130 Å². The molecular weight excluding hydrogens is 732 g/mol. The van der Waals surface area contributed by atoms with E-state index in [1.165, 1.54) is 38.5 Å². The summed E-state index contributed by atoms with van der Waals surface area (Å²) >= 11 is 0. The third-order valence-corrected chi connectivity index (χ3v) is 11.6. The van der Waals surface area contributed by atoms with E-state index < -0.39 is 12.3 Å². The Morgan fingerprint density at radius 1 is 0.810 bits per heavy atom. The highest BCUT2D eigenvalue weighted by atomic mass is 19.1. The molecule has 8 heteroatoms. The van der Waals surface area contributed by atoms with Crippen molar-refractivity contribution in [1.29, 1.82) is 0 Å². The van der Waals surface area contributed by atoms with E-state index in [-0.39, 0.29) is 31.6 Å². The van der Waals surface area contributed by atoms with Crippen LogP contribution in [0.3, 0.4) is 0 Å². The van der Waals surface area contributed by atoms with Gasteiger partial charge in [-0.05, 0) is 153 Å². The largest absolute Gasteiger partial charge is 0.493 e. The lowest BCUT2D eigenvalue weighted by Crippen LogP contribution is -2.16. The van der Waals surface area contributed by atoms with Crippen LogP contribution >= 0.6 is 0 Å². The Bertz CT molecular complexity index is 1770. The molecule has 0 amide bonds. The Kier molecular flexibility index (Phi) is 19.6. The molecule has 318 valence electrons. The van der Waals surface area contributed by atoms with Crippen molar-refractivity contribution in [3.63, 3.8) is 0 Å². The van der Waals surface area contributed by atoms with E-state index in [9.17, 15) is 20.1 Å². The second-order valence-corrected chi connectivity index (χ2v) is 16.4. The molecule has 0 saturated heterocycles. The molecule has 4 rings (SSSR count). The van der Waals surface area contributed by atoms with Crippen molar-refractivity contribution in [1.82, 2.24) is 0 Å². The monoisotopic (exact) mass is 801 g/mol. The Morgan fingerprint density at radius 3 is 2.07 bits per heavy atom. The molecule has 0 aliphatic heterocycles. The minimum absolute atomic E-state index is 0.140. The molecule has 0 radical (unpaired) electrons. The third-order valence-electron chi connectivity index (χ3n) is 11.6. The number of hydrogen-bond donors (Lipinski definition) is 3. The summed E-state index contributed by atoms with van der Waals surface area (Å²) in [5, 5.41) is 29.5. The van der Waals surface area contributed by atoms with Gasteiger partial charge in [-0.2, -0.15) is 0 Å². The molecule has 1 unspecified atom stereocenters. The van der Waals surface area contributed by atoms with Crippen LogP contribution in [0, 0.1) is 17.7 Å². The number of carbonyl (C=O) groups excluding carboxylic acids is 1. The van der Waals surface area contributed by atoms with Crippen LogP contribution in [0.1, 0.15) is 126 Å². The topological polar surface area (TPSA) is 105 Å². The summed E-state index contributed by atoms with van der Waals surface area (Å²) in [5.41, 5.74) is 8.45. The number of esters is 1. The van der Waals surface area contributed by atoms with Gasteiger partial charge in [0.15, 0.2) is 6.29 Å². The Hall–Kier alpha value is -3.82. The SMILES string of the molecule is C=C(C)C(=O)OCCCc1cc(-c2ccc(-c3ccc(C4CCC(CCCCC)CC4)cc3F)cc2CC)cc(CCCOC(O)C(=C)C)c1OCCC(CO)CO. The van der Waals surface area contributed by atoms with Gasteiger partial charge in [-0.3, -0.25) is 0 Å². The molecule has 58 heavy (non-hydrogen) atoms. The van der Waals surface area contributed by atoms with Crippen molar-refractivity contribution >= 4 is 5.97 Å². The maximum atomic E-state index is 16.0. The average molecular weight is 801 g/mol. The number of halogens is 1. The molecule has 0 spiro atoms. The summed E-state index contributed by atoms with van der Waals surface area (Å²) in [5.74, 6) is 1.04. The van der Waals surface area contributed by atoms with Crippen molar-refractivity contribution in [2.24, 2.45) is 11.8 Å². The number of unbranched alkanes of at least 4 members (excludes halogenated alkanes) is 2. The second kappa shape index (κ2) is 24.3. The van der Waals surface area contributed by atoms with E-state index >= 15 is 4.39 Å². The van der Waals surface area contributed by atoms with Crippen LogP contribution in [0.15, 0.2) is 72.8 Å². The van der Waals surface area contributed by atoms with Gasteiger partial charge in [-0.15, -0.1) is 0 Å². The maximum absolute atomic E-state index is 16.0. The number of carbonyl (C=O) groups is 1. The van der Waals surface area contributed by atoms with Gasteiger partial charge in [0.1, 0.15) is 11.6 Å². The lowest BCUT2D eigenvalue weighted by molar-refractivity contribution is -0.139. The van der Waals surface area contributed by atoms with Crippen molar-refractivity contribution in [3.05, 3.63) is 101 Å². The van der Waals surface area contributed by atoms with Crippen molar-refractivity contribution in [2.75, 3.05) is 33.0 Å². The van der Waals surface area contributed by atoms with E-state index in [0.29, 0.717) is 73.7 Å². The van der Waals surface area contributed by atoms with Crippen LogP contribution in [0.25, 0.3) is 22.3 Å². The lowest BCUT2D eigenvalue weighted by atomic mass is 9.77. The van der Waals surface area contributed by atoms with Crippen LogP contribution in [0.2, 0.25) is 0 Å². The van der Waals surface area contributed by atoms with Gasteiger partial charge in [0.25, 0.3) is 0 Å². The van der Waals surface area contributed by atoms with Gasteiger partial charge in [0.2, 0.25) is 0 Å². The number of aliphatic hydroxyl groups excluding tert-OH is 3. The fourth-order valence-corrected chi connectivity index (χ4v) is 8.01. The summed E-state index contributed by atoms with van der Waals surface area (Å²) < 4.78 is 33.4. The molecule has 7 nitrogen and oxygen atoms in total. The highest BCUT2D eigenvalue weighted by Crippen LogP contribution is 2.40. The Balaban J connectivity index is 1.64. The van der Waals surface area contributed by atoms with Crippen molar-refractivity contribution < 1.29 is 38.7 Å². The normalized spacial score (nSPS) is 16.0. The van der Waals surface area contributed by atoms with Crippen LogP contribution in [-0.2, 0) is 33.5 Å².